The fraction of sp³-hybridized carbons (Fsp3) is 0.347. The van der Waals surface area contributed by atoms with Crippen molar-refractivity contribution in [3.63, 3.8) is 0 Å². The van der Waals surface area contributed by atoms with Crippen LogP contribution in [0.3, 0.4) is 0 Å². The van der Waals surface area contributed by atoms with Crippen molar-refractivity contribution in [1.82, 2.24) is 20.0 Å². The van der Waals surface area contributed by atoms with Gasteiger partial charge in [-0.2, -0.15) is 0 Å². The first-order valence-corrected chi connectivity index (χ1v) is 56.6. The molecule has 21 heteroatoms. The molecule has 2 spiro atoms. The second-order valence-electron chi connectivity index (χ2n) is 38.9. The van der Waals surface area contributed by atoms with Gasteiger partial charge in [-0.15, -0.1) is 0 Å². The summed E-state index contributed by atoms with van der Waals surface area (Å²) in [6, 6.07) is 129. The minimum absolute atomic E-state index is 0. The Morgan fingerprint density at radius 3 is 0.869 bits per heavy atom. The van der Waals surface area contributed by atoms with Gasteiger partial charge >= 0.3 is 18.3 Å². The first-order chi connectivity index (χ1) is 70.3. The molecule has 145 heavy (non-hydrogen) atoms. The first-order valence-electron chi connectivity index (χ1n) is 51.2. The van der Waals surface area contributed by atoms with E-state index in [4.69, 9.17) is 42.6 Å². The molecule has 12 aromatic rings. The molecule has 0 aromatic heterocycles. The van der Waals surface area contributed by atoms with Crippen LogP contribution < -0.4 is 69.0 Å². The second kappa shape index (κ2) is 54.6. The van der Waals surface area contributed by atoms with Gasteiger partial charge in [0.2, 0.25) is 0 Å². The number of likely N-dealkylation sites (tertiary alicyclic amines) is 2. The van der Waals surface area contributed by atoms with Crippen LogP contribution in [0.2, 0.25) is 0 Å². The standard InChI is InChI=1S/C28H44N2O7.C24H40N2O5.4C18H15P.Pd/c1-7-15-34-25(31)29(8-2)14-12-20-16-30(17-20)26(32)36-21-11-13-28(18-35-28)24(23(21)33-6)27(5)22(37-27)10-9-19(3)4;1-6-25-12-10-17-13-26(14-17)22(27)30-18-9-11-24(15-29-24)21(20(18)28-5)23(4)19(31-23)8-7-16(2)3;4*1-4-10-16(11-5-1)19(17-12-6-2-7-13-17)18-14-8-3-9-15-18;/h7,9,20-24H,1,8,10-18H2,2-6H3;7,17-21,25H,6,8-15H2,1-5H3;4*1-15H;/t21-,22-,23-,24-,27+,28+;18-,19-,20-,21-,23+,24+;;;;;/m11...../s1. The number of hydrogen-bond donors (Lipinski definition) is 1. The van der Waals surface area contributed by atoms with Gasteiger partial charge in [-0.3, -0.25) is 0 Å². The molecule has 3 amide bonds. The molecule has 12 atom stereocenters. The van der Waals surface area contributed by atoms with Crippen molar-refractivity contribution in [2.45, 2.75) is 166 Å². The number of allylic oxidation sites excluding steroid dienone is 2. The van der Waals surface area contributed by atoms with Gasteiger partial charge in [0.15, 0.2) is 0 Å². The summed E-state index contributed by atoms with van der Waals surface area (Å²) < 4.78 is 53.6. The van der Waals surface area contributed by atoms with Crippen molar-refractivity contribution in [2.24, 2.45) is 23.7 Å². The summed E-state index contributed by atoms with van der Waals surface area (Å²) in [7, 11) is 1.63. The Kier molecular flexibility index (Phi) is 41.6. The number of amides is 3. The van der Waals surface area contributed by atoms with Crippen molar-refractivity contribution >= 4 is 114 Å². The Morgan fingerprint density at radius 2 is 0.655 bits per heavy atom. The van der Waals surface area contributed by atoms with Crippen molar-refractivity contribution in [1.29, 1.82) is 0 Å². The average Bonchev–Trinajstić information content (AvgIpc) is 1.53. The Labute approximate surface area is 880 Å². The molecule has 6 saturated heterocycles. The van der Waals surface area contributed by atoms with Crippen LogP contribution in [0.4, 0.5) is 14.4 Å². The van der Waals surface area contributed by atoms with Crippen LogP contribution in [-0.4, -0.2) is 178 Å². The Balaban J connectivity index is 0.000000141. The Hall–Kier alpha value is -10.2. The molecule has 6 aliphatic heterocycles. The van der Waals surface area contributed by atoms with E-state index in [2.05, 4.69) is 436 Å². The monoisotopic (exact) mass is 2110 g/mol. The number of hydrogen-bond acceptors (Lipinski definition) is 13. The largest absolute Gasteiger partial charge is 0.445 e. The van der Waals surface area contributed by atoms with E-state index in [9.17, 15) is 14.4 Å². The molecule has 0 unspecified atom stereocenters. The predicted octanol–water partition coefficient (Wildman–Crippen LogP) is 21.1. The van der Waals surface area contributed by atoms with Crippen LogP contribution >= 0.6 is 31.7 Å². The summed E-state index contributed by atoms with van der Waals surface area (Å²) >= 11 is 0. The average molecular weight is 2110 g/mol. The third-order valence-electron chi connectivity index (χ3n) is 28.3. The Morgan fingerprint density at radius 1 is 0.407 bits per heavy atom. The molecule has 0 radical (unpaired) electrons. The molecule has 2 aliphatic carbocycles. The maximum atomic E-state index is 13.0. The molecule has 12 aromatic carbocycles. The SMILES string of the molecule is C=CCOC(=O)N(CC)CCC1CN(C(=O)O[C@@H]2CC[C@]3(CO3)[C@@H]([C@@]3(C)O[C@@H]3CC=C(C)C)[C@@H]2OC)C1.CCNCCC1CN(C(=O)O[C@@H]2CC[C@]3(CO3)[C@@H]([C@@]3(C)O[C@@H]3CC=C(C)C)[C@@H]2OC)C1.[Pd].c1ccc(P(c2ccccc2)c2ccccc2)cc1.c1ccc(P(c2ccccc2)c2ccccc2)cc1.c1ccc(P(c2ccccc2)c2ccccc2)cc1.c1ccc(P(c2ccccc2)c2ccccc2)cc1. The zero-order chi connectivity index (χ0) is 101. The number of epoxide rings is 4. The van der Waals surface area contributed by atoms with E-state index >= 15 is 0 Å². The normalized spacial score (nSPS) is 22.7. The number of carbonyl (C=O) groups excluding carboxylic acids is 3. The fourth-order valence-corrected chi connectivity index (χ4v) is 29.7. The van der Waals surface area contributed by atoms with E-state index < -0.39 is 31.7 Å². The summed E-state index contributed by atoms with van der Waals surface area (Å²) in [5.74, 6) is 0.985. The Bertz CT molecular complexity index is 5100. The zero-order valence-corrected chi connectivity index (χ0v) is 90.8. The van der Waals surface area contributed by atoms with E-state index in [-0.39, 0.29) is 116 Å². The number of carbonyl (C=O) groups is 3. The number of benzene rings is 12. The van der Waals surface area contributed by atoms with Gasteiger partial charge < -0.3 is 62.6 Å². The summed E-state index contributed by atoms with van der Waals surface area (Å²) in [5.41, 5.74) is 1.49. The predicted molar refractivity (Wildman–Crippen MR) is 597 cm³/mol. The van der Waals surface area contributed by atoms with Gasteiger partial charge in [0.25, 0.3) is 0 Å². The van der Waals surface area contributed by atoms with Gasteiger partial charge in [-0.05, 0) is 220 Å². The number of nitrogens with one attached hydrogen (secondary N) is 1. The molecule has 762 valence electrons. The fourth-order valence-electron chi connectivity index (χ4n) is 20.5. The van der Waals surface area contributed by atoms with Gasteiger partial charge in [0.05, 0.1) is 37.3 Å². The minimum Gasteiger partial charge on any atom is -0.445 e. The quantitative estimate of drug-likeness (QED) is 0.0106. The molecule has 8 fully saturated rings. The molecule has 2 saturated carbocycles. The van der Waals surface area contributed by atoms with Crippen LogP contribution in [-0.2, 0) is 63.1 Å². The van der Waals surface area contributed by atoms with Crippen LogP contribution in [0.25, 0.3) is 0 Å². The smallest absolute Gasteiger partial charge is 0.410 e. The van der Waals surface area contributed by atoms with Gasteiger partial charge in [0.1, 0.15) is 53.4 Å². The summed E-state index contributed by atoms with van der Waals surface area (Å²) in [4.78, 5) is 43.1. The third kappa shape index (κ3) is 29.7. The van der Waals surface area contributed by atoms with Crippen molar-refractivity contribution in [3.8, 4) is 0 Å². The molecular weight excluding hydrogens is 1970 g/mol. The minimum atomic E-state index is -0.446. The van der Waals surface area contributed by atoms with Crippen LogP contribution in [0.1, 0.15) is 107 Å². The first kappa shape index (κ1) is 110. The molecule has 16 nitrogen and oxygen atoms in total. The zero-order valence-electron chi connectivity index (χ0n) is 85.6. The van der Waals surface area contributed by atoms with Crippen molar-refractivity contribution in [2.75, 3.05) is 86.4 Å². The maximum absolute atomic E-state index is 13.0. The molecule has 1 N–H and O–H groups in total. The van der Waals surface area contributed by atoms with E-state index in [1.54, 1.807) is 30.1 Å². The molecule has 6 heterocycles. The number of nitrogens with zero attached hydrogens (tertiary/aromatic N) is 3. The van der Waals surface area contributed by atoms with E-state index in [1.807, 2.05) is 11.8 Å². The van der Waals surface area contributed by atoms with Crippen LogP contribution in [0.5, 0.6) is 0 Å². The number of ether oxygens (including phenoxy) is 9. The van der Waals surface area contributed by atoms with Crippen LogP contribution in [0.15, 0.2) is 400 Å². The van der Waals surface area contributed by atoms with Crippen LogP contribution in [0, 0.1) is 23.7 Å². The number of methoxy groups -OCH3 is 2. The molecular formula is C124H144N4O12P4Pd. The second-order valence-corrected chi connectivity index (χ2v) is 47.8. The van der Waals surface area contributed by atoms with Gasteiger partial charge in [-0.1, -0.05) is 407 Å². The number of rotatable bonds is 32. The van der Waals surface area contributed by atoms with Crippen molar-refractivity contribution < 1.29 is 77.4 Å². The summed E-state index contributed by atoms with van der Waals surface area (Å²) in [5, 5.41) is 20.1. The topological polar surface area (TPSA) is 169 Å². The molecule has 8 aliphatic rings. The summed E-state index contributed by atoms with van der Waals surface area (Å²) in [6.45, 7) is 28.0. The third-order valence-corrected chi connectivity index (χ3v) is 38.1. The summed E-state index contributed by atoms with van der Waals surface area (Å²) in [6.07, 6.45) is 11.2. The van der Waals surface area contributed by atoms with E-state index in [1.165, 1.54) is 74.8 Å². The van der Waals surface area contributed by atoms with Gasteiger partial charge in [-0.25, -0.2) is 14.4 Å². The molecule has 0 bridgehead atoms. The van der Waals surface area contributed by atoms with Gasteiger partial charge in [0, 0.05) is 73.9 Å². The van der Waals surface area contributed by atoms with E-state index in [0.29, 0.717) is 51.0 Å². The maximum Gasteiger partial charge on any atom is 0.410 e. The molecule has 20 rings (SSSR count). The van der Waals surface area contributed by atoms with Crippen molar-refractivity contribution in [3.05, 3.63) is 400 Å². The van der Waals surface area contributed by atoms with E-state index in [0.717, 1.165) is 77.7 Å².